The van der Waals surface area contributed by atoms with Crippen molar-refractivity contribution in [2.45, 2.75) is 57.3 Å². The smallest absolute Gasteiger partial charge is 0.358 e. The van der Waals surface area contributed by atoms with Crippen LogP contribution in [0.1, 0.15) is 54.2 Å². The summed E-state index contributed by atoms with van der Waals surface area (Å²) in [7, 11) is 1.91. The molecule has 3 aromatic rings. The Kier molecular flexibility index (Phi) is 6.13. The van der Waals surface area contributed by atoms with E-state index in [2.05, 4.69) is 10.3 Å². The molecule has 5 nitrogen and oxygen atoms in total. The summed E-state index contributed by atoms with van der Waals surface area (Å²) in [6.45, 7) is 2.03. The number of benzene rings is 1. The lowest BCUT2D eigenvalue weighted by Crippen LogP contribution is -2.43. The van der Waals surface area contributed by atoms with Gasteiger partial charge in [0.1, 0.15) is 11.5 Å². The summed E-state index contributed by atoms with van der Waals surface area (Å²) < 4.78 is 40.8. The number of carbonyl (C=O) groups is 1. The first-order valence-electron chi connectivity index (χ1n) is 10.9. The number of alkyl halides is 3. The zero-order valence-corrected chi connectivity index (χ0v) is 18.2. The molecule has 8 heteroatoms. The number of imidazole rings is 1. The summed E-state index contributed by atoms with van der Waals surface area (Å²) in [6.07, 6.45) is 0.706. The lowest BCUT2D eigenvalue weighted by molar-refractivity contribution is -0.140. The molecular formula is C24H27F3N4O. The summed E-state index contributed by atoms with van der Waals surface area (Å²) in [6, 6.07) is 13.0. The molecule has 1 N–H and O–H groups in total. The average Bonchev–Trinajstić information content (AvgIpc) is 3.24. The van der Waals surface area contributed by atoms with Crippen LogP contribution in [0.3, 0.4) is 0 Å². The first-order valence-corrected chi connectivity index (χ1v) is 10.9. The summed E-state index contributed by atoms with van der Waals surface area (Å²) in [4.78, 5) is 18.5. The fourth-order valence-corrected chi connectivity index (χ4v) is 4.53. The molecule has 0 unspecified atom stereocenters. The third-order valence-electron chi connectivity index (χ3n) is 6.34. The van der Waals surface area contributed by atoms with Crippen LogP contribution in [0.5, 0.6) is 0 Å². The second kappa shape index (κ2) is 8.84. The van der Waals surface area contributed by atoms with Crippen LogP contribution in [-0.2, 0) is 12.6 Å². The van der Waals surface area contributed by atoms with Gasteiger partial charge in [0.2, 0.25) is 0 Å². The van der Waals surface area contributed by atoms with Crippen LogP contribution in [0, 0.1) is 0 Å². The van der Waals surface area contributed by atoms with Gasteiger partial charge in [-0.25, -0.2) is 4.98 Å². The molecule has 1 aliphatic rings. The van der Waals surface area contributed by atoms with Gasteiger partial charge in [-0.3, -0.25) is 9.20 Å². The van der Waals surface area contributed by atoms with Crippen molar-refractivity contribution in [2.75, 3.05) is 11.9 Å². The highest BCUT2D eigenvalue weighted by molar-refractivity contribution is 5.95. The van der Waals surface area contributed by atoms with Gasteiger partial charge in [-0.2, -0.15) is 13.2 Å². The minimum atomic E-state index is -4.48. The fourth-order valence-electron chi connectivity index (χ4n) is 4.53. The van der Waals surface area contributed by atoms with Crippen molar-refractivity contribution in [3.05, 3.63) is 65.5 Å². The van der Waals surface area contributed by atoms with Gasteiger partial charge in [0.25, 0.3) is 5.91 Å². The molecule has 0 aliphatic heterocycles. The Morgan fingerprint density at radius 3 is 2.53 bits per heavy atom. The van der Waals surface area contributed by atoms with Crippen molar-refractivity contribution >= 4 is 17.4 Å². The van der Waals surface area contributed by atoms with Crippen LogP contribution < -0.4 is 10.2 Å². The quantitative estimate of drug-likeness (QED) is 0.596. The van der Waals surface area contributed by atoms with E-state index in [0.717, 1.165) is 49.4 Å². The van der Waals surface area contributed by atoms with Crippen LogP contribution in [0.15, 0.2) is 48.7 Å². The number of amides is 1. The van der Waals surface area contributed by atoms with Crippen molar-refractivity contribution in [1.29, 1.82) is 0 Å². The van der Waals surface area contributed by atoms with Gasteiger partial charge in [-0.15, -0.1) is 0 Å². The number of rotatable bonds is 5. The average molecular weight is 445 g/mol. The maximum absolute atomic E-state index is 13.1. The number of fused-ring (bicyclic) bond motifs is 1. The molecule has 1 amide bonds. The molecule has 0 saturated heterocycles. The molecule has 0 bridgehead atoms. The van der Waals surface area contributed by atoms with E-state index in [1.807, 2.05) is 49.2 Å². The number of carbonyl (C=O) groups excluding carboxylic acids is 1. The number of pyridine rings is 1. The number of anilines is 1. The van der Waals surface area contributed by atoms with Gasteiger partial charge in [-0.05, 0) is 55.9 Å². The number of aromatic nitrogens is 2. The minimum absolute atomic E-state index is 0.0397. The van der Waals surface area contributed by atoms with Gasteiger partial charge in [0, 0.05) is 30.9 Å². The Bertz CT molecular complexity index is 1100. The van der Waals surface area contributed by atoms with Crippen molar-refractivity contribution in [2.24, 2.45) is 0 Å². The number of hydrogen-bond acceptors (Lipinski definition) is 3. The van der Waals surface area contributed by atoms with Gasteiger partial charge in [0.05, 0.1) is 0 Å². The third kappa shape index (κ3) is 4.45. The Hall–Kier alpha value is -3.03. The van der Waals surface area contributed by atoms with E-state index in [-0.39, 0.29) is 23.6 Å². The molecule has 2 aromatic heterocycles. The summed E-state index contributed by atoms with van der Waals surface area (Å²) >= 11 is 0. The van der Waals surface area contributed by atoms with Crippen LogP contribution in [0.4, 0.5) is 19.0 Å². The number of halogens is 3. The van der Waals surface area contributed by atoms with E-state index in [0.29, 0.717) is 5.82 Å². The summed E-state index contributed by atoms with van der Waals surface area (Å²) in [5.41, 5.74) is 1.14. The highest BCUT2D eigenvalue weighted by atomic mass is 19.4. The number of nitrogens with zero attached hydrogens (tertiary/aromatic N) is 3. The molecule has 32 heavy (non-hydrogen) atoms. The lowest BCUT2D eigenvalue weighted by Gasteiger charge is -2.36. The van der Waals surface area contributed by atoms with Gasteiger partial charge < -0.3 is 10.2 Å². The maximum atomic E-state index is 13.1. The van der Waals surface area contributed by atoms with Crippen molar-refractivity contribution < 1.29 is 18.0 Å². The Morgan fingerprint density at radius 2 is 1.84 bits per heavy atom. The zero-order chi connectivity index (χ0) is 22.9. The third-order valence-corrected chi connectivity index (χ3v) is 6.34. The van der Waals surface area contributed by atoms with Gasteiger partial charge in [-0.1, -0.05) is 31.2 Å². The van der Waals surface area contributed by atoms with Crippen LogP contribution in [-0.4, -0.2) is 34.4 Å². The Morgan fingerprint density at radius 1 is 1.12 bits per heavy atom. The molecular weight excluding hydrogens is 417 g/mol. The second-order valence-electron chi connectivity index (χ2n) is 8.34. The first-order chi connectivity index (χ1) is 15.3. The predicted molar refractivity (Wildman–Crippen MR) is 118 cm³/mol. The highest BCUT2D eigenvalue weighted by Gasteiger charge is 2.34. The van der Waals surface area contributed by atoms with E-state index in [4.69, 9.17) is 0 Å². The maximum Gasteiger partial charge on any atom is 0.434 e. The molecule has 1 saturated carbocycles. The van der Waals surface area contributed by atoms with E-state index < -0.39 is 11.9 Å². The predicted octanol–water partition coefficient (Wildman–Crippen LogP) is 5.09. The zero-order valence-electron chi connectivity index (χ0n) is 18.2. The largest absolute Gasteiger partial charge is 0.434 e. The van der Waals surface area contributed by atoms with Crippen molar-refractivity contribution in [1.82, 2.24) is 14.7 Å². The van der Waals surface area contributed by atoms with E-state index in [9.17, 15) is 18.0 Å². The number of hydrogen-bond donors (Lipinski definition) is 1. The monoisotopic (exact) mass is 444 g/mol. The van der Waals surface area contributed by atoms with Crippen LogP contribution >= 0.6 is 0 Å². The van der Waals surface area contributed by atoms with Crippen LogP contribution in [0.2, 0.25) is 0 Å². The first kappa shape index (κ1) is 22.2. The number of aryl methyl sites for hydroxylation is 1. The lowest BCUT2D eigenvalue weighted by atomic mass is 9.90. The van der Waals surface area contributed by atoms with E-state index >= 15 is 0 Å². The van der Waals surface area contributed by atoms with Crippen LogP contribution in [0.25, 0.3) is 5.65 Å². The molecule has 1 fully saturated rings. The molecule has 0 spiro atoms. The molecule has 4 rings (SSSR count). The SMILES string of the molecule is CCc1ccccc1C(=O)N[C@H]1CC[C@@H](N(C)c2cccc3nc(C(F)(F)F)cn23)CC1. The molecule has 1 aliphatic carbocycles. The number of nitrogens with one attached hydrogen (secondary N) is 1. The Balaban J connectivity index is 1.42. The van der Waals surface area contributed by atoms with Crippen molar-refractivity contribution in [3.8, 4) is 0 Å². The standard InChI is InChI=1S/C24H27F3N4O/c1-3-16-7-4-5-8-19(16)23(32)28-17-11-13-18(14-12-17)30(2)22-10-6-9-21-29-20(15-31(21)22)24(25,26)27/h4-10,15,17-18H,3,11-14H2,1-2H3,(H,28,32)/t17-,18+. The summed E-state index contributed by atoms with van der Waals surface area (Å²) in [5, 5.41) is 3.16. The van der Waals surface area contributed by atoms with E-state index in [1.54, 1.807) is 12.1 Å². The second-order valence-corrected chi connectivity index (χ2v) is 8.34. The Labute approximate surface area is 185 Å². The molecule has 170 valence electrons. The molecule has 0 atom stereocenters. The molecule has 2 heterocycles. The molecule has 1 aromatic carbocycles. The van der Waals surface area contributed by atoms with Gasteiger partial charge >= 0.3 is 6.18 Å². The van der Waals surface area contributed by atoms with Gasteiger partial charge in [0.15, 0.2) is 5.69 Å². The topological polar surface area (TPSA) is 49.6 Å². The highest BCUT2D eigenvalue weighted by Crippen LogP contribution is 2.31. The van der Waals surface area contributed by atoms with Crippen molar-refractivity contribution in [3.63, 3.8) is 0 Å². The normalized spacial score (nSPS) is 19.2. The fraction of sp³-hybridized carbons (Fsp3) is 0.417. The minimum Gasteiger partial charge on any atom is -0.358 e. The van der Waals surface area contributed by atoms with E-state index in [1.165, 1.54) is 4.40 Å². The molecule has 0 radical (unpaired) electrons. The summed E-state index contributed by atoms with van der Waals surface area (Å²) in [5.74, 6) is 0.636.